The van der Waals surface area contributed by atoms with Crippen molar-refractivity contribution in [2.75, 3.05) is 6.54 Å². The van der Waals surface area contributed by atoms with Gasteiger partial charge in [-0.1, -0.05) is 0 Å². The predicted octanol–water partition coefficient (Wildman–Crippen LogP) is -2.00. The molecule has 1 rings (SSSR count). The van der Waals surface area contributed by atoms with E-state index in [9.17, 15) is 24.0 Å². The van der Waals surface area contributed by atoms with Crippen LogP contribution in [0.15, 0.2) is 0 Å². The molecular weight excluding hydrogens is 342 g/mol. The molecule has 10 heteroatoms. The first-order valence-corrected chi connectivity index (χ1v) is 8.52. The Hall–Kier alpha value is -2.65. The van der Waals surface area contributed by atoms with Crippen LogP contribution >= 0.6 is 0 Å². The van der Waals surface area contributed by atoms with Gasteiger partial charge in [0.15, 0.2) is 0 Å². The van der Waals surface area contributed by atoms with E-state index in [2.05, 4.69) is 16.0 Å². The highest BCUT2D eigenvalue weighted by Gasteiger charge is 2.37. The van der Waals surface area contributed by atoms with E-state index in [0.29, 0.717) is 19.4 Å². The highest BCUT2D eigenvalue weighted by Crippen LogP contribution is 2.18. The quantitative estimate of drug-likeness (QED) is 0.409. The third-order valence-electron chi connectivity index (χ3n) is 4.17. The van der Waals surface area contributed by atoms with E-state index >= 15 is 0 Å². The number of hydrogen-bond donors (Lipinski definition) is 4. The minimum atomic E-state index is -0.894. The molecule has 10 nitrogen and oxygen atoms in total. The maximum Gasteiger partial charge on any atom is 0.245 e. The summed E-state index contributed by atoms with van der Waals surface area (Å²) in [7, 11) is 0. The van der Waals surface area contributed by atoms with Crippen LogP contribution in [0.4, 0.5) is 0 Å². The fourth-order valence-electron chi connectivity index (χ4n) is 2.70. The van der Waals surface area contributed by atoms with Gasteiger partial charge in [0.1, 0.15) is 24.2 Å². The second-order valence-electron chi connectivity index (χ2n) is 6.47. The highest BCUT2D eigenvalue weighted by atomic mass is 16.2. The van der Waals surface area contributed by atoms with Gasteiger partial charge in [-0.25, -0.2) is 0 Å². The Morgan fingerprint density at radius 3 is 2.12 bits per heavy atom. The van der Waals surface area contributed by atoms with Crippen LogP contribution in [0, 0.1) is 0 Å². The summed E-state index contributed by atoms with van der Waals surface area (Å²) in [6.45, 7) is 6.18. The molecule has 0 aromatic carbocycles. The lowest BCUT2D eigenvalue weighted by Crippen LogP contribution is -2.56. The number of nitrogens with two attached hydrogens (primary N) is 1. The van der Waals surface area contributed by atoms with E-state index in [0.717, 1.165) is 0 Å². The van der Waals surface area contributed by atoms with Gasteiger partial charge in [-0.15, -0.1) is 0 Å². The summed E-state index contributed by atoms with van der Waals surface area (Å²) < 4.78 is 0. The molecule has 1 aliphatic rings. The summed E-state index contributed by atoms with van der Waals surface area (Å²) >= 11 is 0. The van der Waals surface area contributed by atoms with E-state index in [1.54, 1.807) is 6.92 Å². The number of carbonyl (C=O) groups excluding carboxylic acids is 5. The molecule has 0 bridgehead atoms. The maximum atomic E-state index is 12.5. The zero-order valence-electron chi connectivity index (χ0n) is 15.5. The van der Waals surface area contributed by atoms with Crippen LogP contribution in [0.1, 0.15) is 40.5 Å². The summed E-state index contributed by atoms with van der Waals surface area (Å²) in [4.78, 5) is 60.4. The minimum Gasteiger partial charge on any atom is -0.368 e. The lowest BCUT2D eigenvalue weighted by atomic mass is 10.1. The van der Waals surface area contributed by atoms with Crippen LogP contribution in [0.3, 0.4) is 0 Å². The summed E-state index contributed by atoms with van der Waals surface area (Å²) in [6, 6.07) is -3.19. The van der Waals surface area contributed by atoms with Crippen LogP contribution in [-0.2, 0) is 24.0 Å². The van der Waals surface area contributed by atoms with Crippen molar-refractivity contribution in [3.63, 3.8) is 0 Å². The number of amides is 5. The molecule has 5 amide bonds. The summed E-state index contributed by atoms with van der Waals surface area (Å²) in [5.41, 5.74) is 5.08. The smallest absolute Gasteiger partial charge is 0.245 e. The molecule has 0 spiro atoms. The SMILES string of the molecule is CC(=O)N[C@@H](C)C(=O)N1CCC[C@H]1C(=O)N[C@H](C)C(=O)N[C@@H](C)C(N)=O. The van der Waals surface area contributed by atoms with Gasteiger partial charge in [-0.2, -0.15) is 0 Å². The van der Waals surface area contributed by atoms with Gasteiger partial charge < -0.3 is 26.6 Å². The average molecular weight is 369 g/mol. The van der Waals surface area contributed by atoms with E-state index in [4.69, 9.17) is 5.73 Å². The highest BCUT2D eigenvalue weighted by molar-refractivity contribution is 5.95. The van der Waals surface area contributed by atoms with Gasteiger partial charge in [-0.3, -0.25) is 24.0 Å². The second kappa shape index (κ2) is 9.16. The molecule has 5 N–H and O–H groups in total. The number of hydrogen-bond acceptors (Lipinski definition) is 5. The lowest BCUT2D eigenvalue weighted by molar-refractivity contribution is -0.141. The Morgan fingerprint density at radius 1 is 0.962 bits per heavy atom. The molecule has 1 fully saturated rings. The summed E-state index contributed by atoms with van der Waals surface area (Å²) in [5.74, 6) is -2.37. The van der Waals surface area contributed by atoms with Gasteiger partial charge >= 0.3 is 0 Å². The van der Waals surface area contributed by atoms with Crippen LogP contribution < -0.4 is 21.7 Å². The lowest BCUT2D eigenvalue weighted by Gasteiger charge is -2.28. The topological polar surface area (TPSA) is 151 Å². The third-order valence-corrected chi connectivity index (χ3v) is 4.17. The fraction of sp³-hybridized carbons (Fsp3) is 0.688. The van der Waals surface area contributed by atoms with Gasteiger partial charge in [0, 0.05) is 13.5 Å². The Morgan fingerprint density at radius 2 is 1.58 bits per heavy atom. The summed E-state index contributed by atoms with van der Waals surface area (Å²) in [6.07, 6.45) is 1.12. The molecule has 0 aromatic rings. The first-order chi connectivity index (χ1) is 12.0. The van der Waals surface area contributed by atoms with Gasteiger partial charge in [-0.05, 0) is 33.6 Å². The van der Waals surface area contributed by atoms with Crippen molar-refractivity contribution in [3.8, 4) is 0 Å². The Balaban J connectivity index is 2.67. The molecule has 1 aliphatic heterocycles. The van der Waals surface area contributed by atoms with Crippen molar-refractivity contribution >= 4 is 29.5 Å². The molecule has 1 saturated heterocycles. The third kappa shape index (κ3) is 5.71. The number of carbonyl (C=O) groups is 5. The second-order valence-corrected chi connectivity index (χ2v) is 6.47. The average Bonchev–Trinajstić information content (AvgIpc) is 3.02. The van der Waals surface area contributed by atoms with Crippen molar-refractivity contribution in [3.05, 3.63) is 0 Å². The zero-order valence-corrected chi connectivity index (χ0v) is 15.5. The molecule has 1 heterocycles. The molecular formula is C16H27N5O5. The van der Waals surface area contributed by atoms with E-state index in [1.807, 2.05) is 0 Å². The van der Waals surface area contributed by atoms with Gasteiger partial charge in [0.05, 0.1) is 0 Å². The number of likely N-dealkylation sites (tertiary alicyclic amines) is 1. The van der Waals surface area contributed by atoms with Gasteiger partial charge in [0.2, 0.25) is 29.5 Å². The molecule has 146 valence electrons. The van der Waals surface area contributed by atoms with E-state index in [-0.39, 0.29) is 11.8 Å². The molecule has 0 saturated carbocycles. The largest absolute Gasteiger partial charge is 0.368 e. The van der Waals surface area contributed by atoms with Crippen molar-refractivity contribution in [1.82, 2.24) is 20.9 Å². The van der Waals surface area contributed by atoms with Crippen molar-refractivity contribution in [1.29, 1.82) is 0 Å². The first-order valence-electron chi connectivity index (χ1n) is 8.52. The van der Waals surface area contributed by atoms with Crippen molar-refractivity contribution < 1.29 is 24.0 Å². The Labute approximate surface area is 152 Å². The van der Waals surface area contributed by atoms with Crippen molar-refractivity contribution in [2.24, 2.45) is 5.73 Å². The monoisotopic (exact) mass is 369 g/mol. The number of rotatable bonds is 7. The first kappa shape index (κ1) is 21.4. The standard InChI is InChI=1S/C16H27N5O5/c1-8(13(17)23)19-14(24)9(2)20-15(25)12-6-5-7-21(12)16(26)10(3)18-11(4)22/h8-10,12H,5-7H2,1-4H3,(H2,17,23)(H,18,22)(H,19,24)(H,20,25)/t8-,9+,10-,12-/m0/s1. The fourth-order valence-corrected chi connectivity index (χ4v) is 2.70. The summed E-state index contributed by atoms with van der Waals surface area (Å²) in [5, 5.41) is 7.44. The van der Waals surface area contributed by atoms with Crippen LogP contribution in [-0.4, -0.2) is 65.1 Å². The van der Waals surface area contributed by atoms with Crippen LogP contribution in [0.5, 0.6) is 0 Å². The molecule has 0 aromatic heterocycles. The van der Waals surface area contributed by atoms with Gasteiger partial charge in [0.25, 0.3) is 0 Å². The molecule has 4 atom stereocenters. The zero-order chi connectivity index (χ0) is 20.0. The number of nitrogens with zero attached hydrogens (tertiary/aromatic N) is 1. The normalized spacial score (nSPS) is 19.8. The maximum absolute atomic E-state index is 12.5. The number of primary amides is 1. The Kier molecular flexibility index (Phi) is 7.54. The predicted molar refractivity (Wildman–Crippen MR) is 92.4 cm³/mol. The minimum absolute atomic E-state index is 0.333. The number of nitrogens with one attached hydrogen (secondary N) is 3. The van der Waals surface area contributed by atoms with Crippen molar-refractivity contribution in [2.45, 2.75) is 64.7 Å². The molecule has 0 radical (unpaired) electrons. The molecule has 26 heavy (non-hydrogen) atoms. The van der Waals surface area contributed by atoms with E-state index < -0.39 is 41.9 Å². The molecule has 0 aliphatic carbocycles. The van der Waals surface area contributed by atoms with Crippen LogP contribution in [0.25, 0.3) is 0 Å². The van der Waals surface area contributed by atoms with E-state index in [1.165, 1.54) is 25.7 Å². The Bertz CT molecular complexity index is 594. The van der Waals surface area contributed by atoms with Crippen LogP contribution in [0.2, 0.25) is 0 Å². The molecule has 0 unspecified atom stereocenters.